The highest BCUT2D eigenvalue weighted by Gasteiger charge is 2.40. The first-order valence-corrected chi connectivity index (χ1v) is 4.26. The normalized spacial score (nSPS) is 31.0. The first kappa shape index (κ1) is 9.89. The molecule has 3 nitrogen and oxygen atoms in total. The molecule has 1 rings (SSSR count). The molecule has 1 unspecified atom stereocenters. The van der Waals surface area contributed by atoms with E-state index in [1.165, 1.54) is 0 Å². The lowest BCUT2D eigenvalue weighted by Crippen LogP contribution is -2.55. The lowest BCUT2D eigenvalue weighted by molar-refractivity contribution is -0.230. The van der Waals surface area contributed by atoms with Gasteiger partial charge in [0.05, 0.1) is 0 Å². The Balaban J connectivity index is 2.52. The number of aliphatic hydroxyl groups is 2. The van der Waals surface area contributed by atoms with Crippen molar-refractivity contribution in [1.29, 1.82) is 0 Å². The van der Waals surface area contributed by atoms with Crippen molar-refractivity contribution in [3.8, 4) is 0 Å². The molecule has 0 bridgehead atoms. The van der Waals surface area contributed by atoms with Gasteiger partial charge in [0, 0.05) is 25.6 Å². The minimum absolute atomic E-state index is 0.0896. The Hall–Kier alpha value is -0.190. The quantitative estimate of drug-likeness (QED) is 0.559. The van der Waals surface area contributed by atoms with Gasteiger partial charge in [0.15, 0.2) is 12.0 Å². The number of piperidine rings is 1. The van der Waals surface area contributed by atoms with Gasteiger partial charge in [-0.2, -0.15) is 0 Å². The van der Waals surface area contributed by atoms with Gasteiger partial charge < -0.3 is 10.2 Å². The van der Waals surface area contributed by atoms with Gasteiger partial charge in [-0.25, -0.2) is 4.39 Å². The van der Waals surface area contributed by atoms with E-state index in [0.29, 0.717) is 6.54 Å². The number of hydrogen-bond acceptors (Lipinski definition) is 3. The van der Waals surface area contributed by atoms with E-state index in [1.807, 2.05) is 18.7 Å². The largest absolute Gasteiger partial charge is 0.363 e. The highest BCUT2D eigenvalue weighted by atomic mass is 19.1. The van der Waals surface area contributed by atoms with Crippen molar-refractivity contribution in [1.82, 2.24) is 4.90 Å². The molecule has 0 amide bonds. The van der Waals surface area contributed by atoms with Crippen LogP contribution in [0.4, 0.5) is 4.39 Å². The maximum atomic E-state index is 13.0. The van der Waals surface area contributed by atoms with E-state index in [-0.39, 0.29) is 19.0 Å². The Morgan fingerprint density at radius 3 is 2.50 bits per heavy atom. The van der Waals surface area contributed by atoms with Gasteiger partial charge in [-0.05, 0) is 13.8 Å². The van der Waals surface area contributed by atoms with E-state index < -0.39 is 12.0 Å². The van der Waals surface area contributed by atoms with Gasteiger partial charge in [0.2, 0.25) is 0 Å². The monoisotopic (exact) mass is 177 g/mol. The zero-order valence-electron chi connectivity index (χ0n) is 7.50. The average Bonchev–Trinajstić information content (AvgIpc) is 1.94. The first-order chi connectivity index (χ1) is 5.43. The van der Waals surface area contributed by atoms with Crippen molar-refractivity contribution in [3.05, 3.63) is 0 Å². The fourth-order valence-corrected chi connectivity index (χ4v) is 1.38. The van der Waals surface area contributed by atoms with Crippen LogP contribution < -0.4 is 0 Å². The van der Waals surface area contributed by atoms with E-state index in [2.05, 4.69) is 0 Å². The smallest absolute Gasteiger partial charge is 0.197 e. The van der Waals surface area contributed by atoms with Crippen LogP contribution in [0.1, 0.15) is 20.3 Å². The molecule has 72 valence electrons. The molecule has 0 aromatic carbocycles. The summed E-state index contributed by atoms with van der Waals surface area (Å²) >= 11 is 0. The molecule has 0 aromatic rings. The van der Waals surface area contributed by atoms with Crippen molar-refractivity contribution in [2.24, 2.45) is 0 Å². The van der Waals surface area contributed by atoms with Gasteiger partial charge in [-0.3, -0.25) is 4.90 Å². The topological polar surface area (TPSA) is 43.7 Å². The Morgan fingerprint density at radius 1 is 1.50 bits per heavy atom. The second kappa shape index (κ2) is 3.28. The van der Waals surface area contributed by atoms with Gasteiger partial charge in [0.25, 0.3) is 0 Å². The van der Waals surface area contributed by atoms with Gasteiger partial charge in [0.1, 0.15) is 0 Å². The maximum absolute atomic E-state index is 13.0. The van der Waals surface area contributed by atoms with Crippen LogP contribution >= 0.6 is 0 Å². The molecule has 1 fully saturated rings. The van der Waals surface area contributed by atoms with Crippen molar-refractivity contribution in [3.63, 3.8) is 0 Å². The Morgan fingerprint density at radius 2 is 2.08 bits per heavy atom. The van der Waals surface area contributed by atoms with Crippen LogP contribution in [0.5, 0.6) is 0 Å². The van der Waals surface area contributed by atoms with Gasteiger partial charge >= 0.3 is 0 Å². The number of hydrogen-bond donors (Lipinski definition) is 2. The molecule has 0 spiro atoms. The summed E-state index contributed by atoms with van der Waals surface area (Å²) in [5, 5.41) is 18.2. The van der Waals surface area contributed by atoms with Crippen LogP contribution in [0.3, 0.4) is 0 Å². The summed E-state index contributed by atoms with van der Waals surface area (Å²) in [5.74, 6) is -2.11. The molecule has 4 heteroatoms. The van der Waals surface area contributed by atoms with E-state index >= 15 is 0 Å². The minimum Gasteiger partial charge on any atom is -0.363 e. The van der Waals surface area contributed by atoms with Crippen LogP contribution in [0, 0.1) is 0 Å². The number of alkyl halides is 1. The second-order valence-corrected chi connectivity index (χ2v) is 3.68. The molecule has 0 aliphatic carbocycles. The van der Waals surface area contributed by atoms with Gasteiger partial charge in [-0.15, -0.1) is 0 Å². The predicted molar refractivity (Wildman–Crippen MR) is 43.4 cm³/mol. The number of nitrogens with zero attached hydrogens (tertiary/aromatic N) is 1. The fraction of sp³-hybridized carbons (Fsp3) is 1.00. The Kier molecular flexibility index (Phi) is 2.70. The summed E-state index contributed by atoms with van der Waals surface area (Å²) in [7, 11) is 0. The molecule has 1 heterocycles. The van der Waals surface area contributed by atoms with Crippen LogP contribution in [0.2, 0.25) is 0 Å². The molecule has 0 saturated carbocycles. The summed E-state index contributed by atoms with van der Waals surface area (Å²) < 4.78 is 13.0. The third kappa shape index (κ3) is 1.94. The molecule has 2 N–H and O–H groups in total. The Labute approximate surface area is 71.8 Å². The van der Waals surface area contributed by atoms with E-state index in [0.717, 1.165) is 0 Å². The molecular weight excluding hydrogens is 161 g/mol. The fourth-order valence-electron chi connectivity index (χ4n) is 1.38. The molecule has 0 aromatic heterocycles. The standard InChI is InChI=1S/C8H16FNO2/c1-6(2)10-4-3-8(11,12)7(9)5-10/h6-7,11-12H,3-5H2,1-2H3. The molecule has 1 atom stereocenters. The highest BCUT2D eigenvalue weighted by molar-refractivity contribution is 4.86. The SMILES string of the molecule is CC(C)N1CCC(O)(O)C(F)C1. The summed E-state index contributed by atoms with van der Waals surface area (Å²) in [5.41, 5.74) is 0. The van der Waals surface area contributed by atoms with E-state index in [9.17, 15) is 4.39 Å². The van der Waals surface area contributed by atoms with Crippen molar-refractivity contribution in [2.75, 3.05) is 13.1 Å². The molecular formula is C8H16FNO2. The third-order valence-corrected chi connectivity index (χ3v) is 2.39. The summed E-state index contributed by atoms with van der Waals surface area (Å²) in [6.45, 7) is 4.60. The zero-order valence-corrected chi connectivity index (χ0v) is 7.50. The van der Waals surface area contributed by atoms with Crippen LogP contribution in [-0.4, -0.2) is 46.2 Å². The van der Waals surface area contributed by atoms with Crippen LogP contribution in [0.25, 0.3) is 0 Å². The maximum Gasteiger partial charge on any atom is 0.197 e. The number of likely N-dealkylation sites (tertiary alicyclic amines) is 1. The highest BCUT2D eigenvalue weighted by Crippen LogP contribution is 2.23. The Bertz CT molecular complexity index is 161. The van der Waals surface area contributed by atoms with Crippen LogP contribution in [-0.2, 0) is 0 Å². The third-order valence-electron chi connectivity index (χ3n) is 2.39. The molecule has 0 radical (unpaired) electrons. The van der Waals surface area contributed by atoms with E-state index in [4.69, 9.17) is 10.2 Å². The first-order valence-electron chi connectivity index (χ1n) is 4.26. The molecule has 1 aliphatic heterocycles. The van der Waals surface area contributed by atoms with E-state index in [1.54, 1.807) is 0 Å². The van der Waals surface area contributed by atoms with Crippen molar-refractivity contribution in [2.45, 2.75) is 38.3 Å². The predicted octanol–water partition coefficient (Wildman–Crippen LogP) is 0.120. The second-order valence-electron chi connectivity index (χ2n) is 3.68. The summed E-state index contributed by atoms with van der Waals surface area (Å²) in [4.78, 5) is 1.90. The molecule has 1 aliphatic rings. The lowest BCUT2D eigenvalue weighted by atomic mass is 10.0. The number of halogens is 1. The molecule has 12 heavy (non-hydrogen) atoms. The average molecular weight is 177 g/mol. The summed E-state index contributed by atoms with van der Waals surface area (Å²) in [6.07, 6.45) is -1.46. The summed E-state index contributed by atoms with van der Waals surface area (Å²) in [6, 6.07) is 0.263. The zero-order chi connectivity index (χ0) is 9.35. The van der Waals surface area contributed by atoms with Crippen molar-refractivity contribution >= 4 is 0 Å². The number of rotatable bonds is 1. The van der Waals surface area contributed by atoms with Gasteiger partial charge in [-0.1, -0.05) is 0 Å². The van der Waals surface area contributed by atoms with Crippen molar-refractivity contribution < 1.29 is 14.6 Å². The van der Waals surface area contributed by atoms with Crippen LogP contribution in [0.15, 0.2) is 0 Å². The molecule has 1 saturated heterocycles. The minimum atomic E-state index is -2.11. The lowest BCUT2D eigenvalue weighted by Gasteiger charge is -2.39.